The molecule has 3 aromatic rings. The van der Waals surface area contributed by atoms with Crippen LogP contribution in [0.5, 0.6) is 0 Å². The molecule has 1 unspecified atom stereocenters. The minimum Gasteiger partial charge on any atom is -0.381 e. The van der Waals surface area contributed by atoms with E-state index in [1.165, 1.54) is 0 Å². The summed E-state index contributed by atoms with van der Waals surface area (Å²) in [5.74, 6) is 0.467. The molecule has 0 saturated carbocycles. The lowest BCUT2D eigenvalue weighted by Crippen LogP contribution is -2.35. The fraction of sp³-hybridized carbons (Fsp3) is 0.393. The Hall–Kier alpha value is -2.76. The molecule has 37 heavy (non-hydrogen) atoms. The summed E-state index contributed by atoms with van der Waals surface area (Å²) in [7, 11) is 0. The second-order valence-electron chi connectivity index (χ2n) is 9.46. The number of alkyl halides is 1. The van der Waals surface area contributed by atoms with Crippen LogP contribution >= 0.6 is 22.6 Å². The monoisotopic (exact) mass is 614 g/mol. The van der Waals surface area contributed by atoms with Gasteiger partial charge in [-0.05, 0) is 66.0 Å². The summed E-state index contributed by atoms with van der Waals surface area (Å²) in [4.78, 5) is 35.6. The predicted molar refractivity (Wildman–Crippen MR) is 151 cm³/mol. The normalized spacial score (nSPS) is 18.3. The smallest absolute Gasteiger partial charge is 0.360 e. The molecule has 2 aromatic carbocycles. The first-order chi connectivity index (χ1) is 18.0. The van der Waals surface area contributed by atoms with Crippen LogP contribution in [0.1, 0.15) is 54.9 Å². The Morgan fingerprint density at radius 1 is 1.08 bits per heavy atom. The highest BCUT2D eigenvalue weighted by Gasteiger charge is 2.34. The molecule has 1 aromatic heterocycles. The van der Waals surface area contributed by atoms with E-state index in [-0.39, 0.29) is 17.6 Å². The number of hydrogen-bond donors (Lipinski definition) is 1. The molecule has 2 aliphatic rings. The Bertz CT molecular complexity index is 1330. The van der Waals surface area contributed by atoms with Crippen LogP contribution in [0.25, 0.3) is 11.1 Å². The van der Waals surface area contributed by atoms with Gasteiger partial charge in [0, 0.05) is 36.8 Å². The van der Waals surface area contributed by atoms with Gasteiger partial charge in [-0.1, -0.05) is 61.4 Å². The highest BCUT2D eigenvalue weighted by atomic mass is 127. The van der Waals surface area contributed by atoms with E-state index in [0.29, 0.717) is 19.6 Å². The number of benzene rings is 2. The van der Waals surface area contributed by atoms with Crippen LogP contribution in [0.3, 0.4) is 0 Å². The number of rotatable bonds is 7. The average Bonchev–Trinajstić information content (AvgIpc) is 3.25. The standard InChI is InChI=1S/C28H31IN4O4/c1-3-6-24-23(27(34)32(18(2)30-24)21-13-15-36-16-14-21)17-19-9-11-20(12-10-19)22-7-4-5-8-25(22)33-26(29)28(35)37-31-33/h4-5,7-12,21,26,31H,3,6,13-17H2,1-2H3. The zero-order chi connectivity index (χ0) is 25.9. The molecule has 3 heterocycles. The van der Waals surface area contributed by atoms with Gasteiger partial charge in [0.1, 0.15) is 5.82 Å². The molecule has 0 spiro atoms. The molecule has 2 saturated heterocycles. The van der Waals surface area contributed by atoms with Crippen LogP contribution in [0.4, 0.5) is 5.69 Å². The second kappa shape index (κ2) is 11.3. The number of halogens is 1. The highest BCUT2D eigenvalue weighted by Crippen LogP contribution is 2.34. The van der Waals surface area contributed by atoms with Gasteiger partial charge in [0.15, 0.2) is 4.05 Å². The van der Waals surface area contributed by atoms with Crippen molar-refractivity contribution < 1.29 is 14.4 Å². The van der Waals surface area contributed by atoms with Crippen LogP contribution in [0.2, 0.25) is 0 Å². The number of aromatic nitrogens is 2. The Kier molecular flexibility index (Phi) is 7.92. The Balaban J connectivity index is 1.45. The maximum atomic E-state index is 13.8. The molecule has 0 aliphatic carbocycles. The number of aryl methyl sites for hydroxylation is 2. The molecule has 0 amide bonds. The largest absolute Gasteiger partial charge is 0.381 e. The van der Waals surface area contributed by atoms with Crippen molar-refractivity contribution in [2.75, 3.05) is 18.2 Å². The van der Waals surface area contributed by atoms with E-state index in [0.717, 1.165) is 65.1 Å². The highest BCUT2D eigenvalue weighted by molar-refractivity contribution is 14.1. The minimum atomic E-state index is -0.457. The fourth-order valence-electron chi connectivity index (χ4n) is 5.13. The number of ether oxygens (including phenoxy) is 1. The van der Waals surface area contributed by atoms with Gasteiger partial charge in [0.25, 0.3) is 5.56 Å². The van der Waals surface area contributed by atoms with Crippen molar-refractivity contribution in [2.45, 2.75) is 56.0 Å². The van der Waals surface area contributed by atoms with Crippen molar-refractivity contribution in [3.05, 3.63) is 81.5 Å². The summed E-state index contributed by atoms with van der Waals surface area (Å²) in [6.07, 6.45) is 3.93. The summed E-state index contributed by atoms with van der Waals surface area (Å²) in [5.41, 5.74) is 8.39. The van der Waals surface area contributed by atoms with E-state index in [9.17, 15) is 9.59 Å². The van der Waals surface area contributed by atoms with E-state index in [1.54, 1.807) is 5.01 Å². The van der Waals surface area contributed by atoms with Crippen LogP contribution in [-0.4, -0.2) is 32.8 Å². The van der Waals surface area contributed by atoms with Gasteiger partial charge in [-0.2, -0.15) is 0 Å². The van der Waals surface area contributed by atoms with Crippen LogP contribution in [-0.2, 0) is 27.2 Å². The van der Waals surface area contributed by atoms with Crippen LogP contribution in [0, 0.1) is 6.92 Å². The van der Waals surface area contributed by atoms with Gasteiger partial charge in [-0.25, -0.2) is 9.78 Å². The van der Waals surface area contributed by atoms with E-state index in [2.05, 4.69) is 59.4 Å². The molecule has 8 nitrogen and oxygen atoms in total. The van der Waals surface area contributed by atoms with Gasteiger partial charge < -0.3 is 9.57 Å². The third-order valence-electron chi connectivity index (χ3n) is 6.99. The van der Waals surface area contributed by atoms with Crippen molar-refractivity contribution >= 4 is 34.2 Å². The molecule has 2 fully saturated rings. The average molecular weight is 614 g/mol. The van der Waals surface area contributed by atoms with Gasteiger partial charge >= 0.3 is 5.97 Å². The topological polar surface area (TPSA) is 85.7 Å². The molecule has 0 radical (unpaired) electrons. The van der Waals surface area contributed by atoms with Crippen molar-refractivity contribution in [3.8, 4) is 11.1 Å². The van der Waals surface area contributed by atoms with Crippen molar-refractivity contribution in [2.24, 2.45) is 0 Å². The van der Waals surface area contributed by atoms with Crippen molar-refractivity contribution in [1.82, 2.24) is 15.1 Å². The molecule has 1 N–H and O–H groups in total. The van der Waals surface area contributed by atoms with Crippen molar-refractivity contribution in [1.29, 1.82) is 0 Å². The molecule has 0 bridgehead atoms. The zero-order valence-corrected chi connectivity index (χ0v) is 23.2. The maximum absolute atomic E-state index is 13.8. The SMILES string of the molecule is CCCc1nc(C)n(C2CCOCC2)c(=O)c1Cc1ccc(-c2ccccc2N2NOC(=O)C2I)cc1. The zero-order valence-electron chi connectivity index (χ0n) is 21.1. The predicted octanol–water partition coefficient (Wildman–Crippen LogP) is 4.66. The van der Waals surface area contributed by atoms with E-state index < -0.39 is 4.05 Å². The molecule has 194 valence electrons. The fourth-order valence-corrected chi connectivity index (χ4v) is 5.67. The first-order valence-corrected chi connectivity index (χ1v) is 14.0. The lowest BCUT2D eigenvalue weighted by atomic mass is 9.97. The van der Waals surface area contributed by atoms with Gasteiger partial charge in [-0.3, -0.25) is 14.4 Å². The van der Waals surface area contributed by atoms with Gasteiger partial charge in [0.2, 0.25) is 0 Å². The molecule has 5 rings (SSSR count). The third kappa shape index (κ3) is 5.30. The molecular weight excluding hydrogens is 583 g/mol. The lowest BCUT2D eigenvalue weighted by Gasteiger charge is -2.27. The number of hydrazine groups is 1. The number of nitrogens with zero attached hydrogens (tertiary/aromatic N) is 3. The summed E-state index contributed by atoms with van der Waals surface area (Å²) in [5, 5.41) is 1.72. The summed E-state index contributed by atoms with van der Waals surface area (Å²) >= 11 is 2.06. The summed E-state index contributed by atoms with van der Waals surface area (Å²) in [6, 6.07) is 16.3. The Labute approximate surface area is 230 Å². The minimum absolute atomic E-state index is 0.0788. The van der Waals surface area contributed by atoms with E-state index >= 15 is 0 Å². The molecular formula is C28H31IN4O4. The number of anilines is 1. The lowest BCUT2D eigenvalue weighted by molar-refractivity contribution is -0.142. The maximum Gasteiger partial charge on any atom is 0.360 e. The van der Waals surface area contributed by atoms with E-state index in [1.807, 2.05) is 35.8 Å². The molecule has 9 heteroatoms. The Morgan fingerprint density at radius 2 is 1.81 bits per heavy atom. The van der Waals surface area contributed by atoms with Crippen LogP contribution in [0.15, 0.2) is 53.3 Å². The summed E-state index contributed by atoms with van der Waals surface area (Å²) < 4.78 is 6.96. The number of hydrogen-bond acceptors (Lipinski definition) is 7. The van der Waals surface area contributed by atoms with Gasteiger partial charge in [-0.15, -0.1) is 0 Å². The number of nitrogens with one attached hydrogen (secondary N) is 1. The molecule has 1 atom stereocenters. The number of para-hydroxylation sites is 1. The number of carbonyl (C=O) groups is 1. The molecule has 2 aliphatic heterocycles. The first-order valence-electron chi connectivity index (χ1n) is 12.7. The van der Waals surface area contributed by atoms with Crippen molar-refractivity contribution in [3.63, 3.8) is 0 Å². The quantitative estimate of drug-likeness (QED) is 0.236. The second-order valence-corrected chi connectivity index (χ2v) is 10.6. The summed E-state index contributed by atoms with van der Waals surface area (Å²) in [6.45, 7) is 5.42. The van der Waals surface area contributed by atoms with Gasteiger partial charge in [0.05, 0.1) is 11.4 Å². The third-order valence-corrected chi connectivity index (χ3v) is 8.05. The van der Waals surface area contributed by atoms with Crippen LogP contribution < -0.4 is 16.2 Å². The first kappa shape index (κ1) is 25.9. The van der Waals surface area contributed by atoms with E-state index in [4.69, 9.17) is 14.6 Å². The number of carbonyl (C=O) groups excluding carboxylic acids is 1. The Morgan fingerprint density at radius 3 is 2.49 bits per heavy atom.